The van der Waals surface area contributed by atoms with Crippen LogP contribution in [0.2, 0.25) is 0 Å². The average Bonchev–Trinajstić information content (AvgIpc) is 3.25. The van der Waals surface area contributed by atoms with Gasteiger partial charge < -0.3 is 9.80 Å². The molecule has 0 unspecified atom stereocenters. The predicted molar refractivity (Wildman–Crippen MR) is 119 cm³/mol. The topological polar surface area (TPSA) is 64.4 Å². The molecule has 0 bridgehead atoms. The molecule has 1 saturated heterocycles. The fourth-order valence-electron chi connectivity index (χ4n) is 4.32. The van der Waals surface area contributed by atoms with Gasteiger partial charge in [0.15, 0.2) is 4.87 Å². The van der Waals surface area contributed by atoms with E-state index in [-0.39, 0.29) is 17.7 Å². The molecule has 5 nitrogen and oxygen atoms in total. The summed E-state index contributed by atoms with van der Waals surface area (Å²) in [7, 11) is 0. The second-order valence-corrected chi connectivity index (χ2v) is 9.65. The monoisotopic (exact) mass is 419 g/mol. The summed E-state index contributed by atoms with van der Waals surface area (Å²) in [6.07, 6.45) is 0.432. The Hall–Kier alpha value is -2.78. The van der Waals surface area contributed by atoms with Gasteiger partial charge in [0.2, 0.25) is 5.91 Å². The van der Waals surface area contributed by atoms with E-state index in [1.54, 1.807) is 27.6 Å². The smallest absolute Gasteiger partial charge is 0.268 e. The number of hydrogen-bond donors (Lipinski definition) is 0. The van der Waals surface area contributed by atoms with Crippen LogP contribution in [-0.4, -0.2) is 29.0 Å². The van der Waals surface area contributed by atoms with Gasteiger partial charge in [0.25, 0.3) is 5.91 Å². The zero-order chi connectivity index (χ0) is 21.5. The quantitative estimate of drug-likeness (QED) is 0.745. The number of aryl methyl sites for hydroxylation is 1. The lowest BCUT2D eigenvalue weighted by molar-refractivity contribution is -0.140. The molecule has 30 heavy (non-hydrogen) atoms. The minimum Gasteiger partial charge on any atom is -0.315 e. The van der Waals surface area contributed by atoms with E-state index in [4.69, 9.17) is 0 Å². The summed E-state index contributed by atoms with van der Waals surface area (Å²) < 4.78 is 0. The van der Waals surface area contributed by atoms with Crippen molar-refractivity contribution in [2.24, 2.45) is 5.92 Å². The number of anilines is 1. The fraction of sp³-hybridized carbons (Fsp3) is 0.375. The highest BCUT2D eigenvalue weighted by Crippen LogP contribution is 2.54. The normalized spacial score (nSPS) is 20.2. The molecule has 4 rings (SSSR count). The van der Waals surface area contributed by atoms with Crippen LogP contribution in [0.25, 0.3) is 0 Å². The van der Waals surface area contributed by atoms with Gasteiger partial charge in [-0.2, -0.15) is 5.26 Å². The number of benzene rings is 2. The van der Waals surface area contributed by atoms with Gasteiger partial charge in [-0.15, -0.1) is 11.8 Å². The van der Waals surface area contributed by atoms with Crippen molar-refractivity contribution in [1.82, 2.24) is 4.90 Å². The standard InChI is InChI=1S/C24H25N3O2S/c1-16(2)11-22(28)27-9-10-30-24(27)20-12-17(3)7-8-21(20)26(23(24)29)15-19-6-4-5-18(13-19)14-25/h4-8,12-13,16H,9-11,15H2,1-3H3/t24-/m1/s1. The molecule has 1 fully saturated rings. The van der Waals surface area contributed by atoms with E-state index in [2.05, 4.69) is 6.07 Å². The van der Waals surface area contributed by atoms with Gasteiger partial charge >= 0.3 is 0 Å². The lowest BCUT2D eigenvalue weighted by Gasteiger charge is -2.33. The zero-order valence-electron chi connectivity index (χ0n) is 17.5. The third-order valence-electron chi connectivity index (χ3n) is 5.63. The van der Waals surface area contributed by atoms with Gasteiger partial charge in [-0.3, -0.25) is 9.59 Å². The molecule has 2 amide bonds. The predicted octanol–water partition coefficient (Wildman–Crippen LogP) is 4.19. The largest absolute Gasteiger partial charge is 0.315 e. The molecule has 0 radical (unpaired) electrons. The maximum absolute atomic E-state index is 13.9. The first-order valence-corrected chi connectivity index (χ1v) is 11.2. The van der Waals surface area contributed by atoms with Gasteiger partial charge in [-0.05, 0) is 36.6 Å². The Labute approximate surface area is 181 Å². The van der Waals surface area contributed by atoms with Gasteiger partial charge in [0.1, 0.15) is 0 Å². The number of amides is 2. The number of hydrogen-bond acceptors (Lipinski definition) is 4. The van der Waals surface area contributed by atoms with Crippen molar-refractivity contribution in [3.63, 3.8) is 0 Å². The summed E-state index contributed by atoms with van der Waals surface area (Å²) in [5.74, 6) is 0.938. The molecule has 2 aromatic carbocycles. The van der Waals surface area contributed by atoms with Crippen molar-refractivity contribution in [1.29, 1.82) is 5.26 Å². The molecule has 0 saturated carbocycles. The number of nitriles is 1. The van der Waals surface area contributed by atoms with Gasteiger partial charge in [0.05, 0.1) is 23.9 Å². The van der Waals surface area contributed by atoms with Crippen LogP contribution in [0, 0.1) is 24.2 Å². The Morgan fingerprint density at radius 1 is 1.27 bits per heavy atom. The number of carbonyl (C=O) groups is 2. The van der Waals surface area contributed by atoms with Crippen LogP contribution in [0.4, 0.5) is 5.69 Å². The maximum Gasteiger partial charge on any atom is 0.268 e. The lowest BCUT2D eigenvalue weighted by Crippen LogP contribution is -2.50. The van der Waals surface area contributed by atoms with E-state index in [0.29, 0.717) is 25.1 Å². The minimum atomic E-state index is -0.986. The Morgan fingerprint density at radius 2 is 2.07 bits per heavy atom. The van der Waals surface area contributed by atoms with E-state index < -0.39 is 4.87 Å². The average molecular weight is 420 g/mol. The third-order valence-corrected chi connectivity index (χ3v) is 7.05. The van der Waals surface area contributed by atoms with Crippen LogP contribution in [0.5, 0.6) is 0 Å². The van der Waals surface area contributed by atoms with Crippen LogP contribution >= 0.6 is 11.8 Å². The van der Waals surface area contributed by atoms with E-state index in [1.165, 1.54) is 0 Å². The lowest BCUT2D eigenvalue weighted by atomic mass is 10.0. The van der Waals surface area contributed by atoms with Crippen LogP contribution < -0.4 is 4.90 Å². The number of fused-ring (bicyclic) bond motifs is 2. The van der Waals surface area contributed by atoms with Crippen molar-refractivity contribution in [3.05, 3.63) is 64.7 Å². The van der Waals surface area contributed by atoms with Gasteiger partial charge in [0, 0.05) is 24.3 Å². The molecular weight excluding hydrogens is 394 g/mol. The van der Waals surface area contributed by atoms with Crippen LogP contribution in [0.3, 0.4) is 0 Å². The Kier molecular flexibility index (Phi) is 5.33. The van der Waals surface area contributed by atoms with Crippen LogP contribution in [-0.2, 0) is 21.0 Å². The Morgan fingerprint density at radius 3 is 2.80 bits per heavy atom. The highest BCUT2D eigenvalue weighted by molar-refractivity contribution is 8.01. The van der Waals surface area contributed by atoms with Crippen molar-refractivity contribution in [3.8, 4) is 6.07 Å². The van der Waals surface area contributed by atoms with E-state index in [0.717, 1.165) is 28.1 Å². The highest BCUT2D eigenvalue weighted by atomic mass is 32.2. The molecule has 2 aliphatic heterocycles. The second kappa shape index (κ2) is 7.81. The van der Waals surface area contributed by atoms with Crippen molar-refractivity contribution >= 4 is 29.3 Å². The first kappa shape index (κ1) is 20.5. The van der Waals surface area contributed by atoms with Gasteiger partial charge in [-0.1, -0.05) is 43.7 Å². The molecule has 6 heteroatoms. The summed E-state index contributed by atoms with van der Waals surface area (Å²) in [4.78, 5) is 29.6. The number of nitrogens with zero attached hydrogens (tertiary/aromatic N) is 3. The summed E-state index contributed by atoms with van der Waals surface area (Å²) in [5, 5.41) is 9.22. The van der Waals surface area contributed by atoms with Crippen molar-refractivity contribution in [2.75, 3.05) is 17.2 Å². The minimum absolute atomic E-state index is 0.0316. The summed E-state index contributed by atoms with van der Waals surface area (Å²) in [6.45, 7) is 7.01. The molecule has 1 spiro atoms. The molecule has 2 heterocycles. The van der Waals surface area contributed by atoms with E-state index >= 15 is 0 Å². The third kappa shape index (κ3) is 3.27. The molecule has 154 valence electrons. The number of thioether (sulfide) groups is 1. The molecule has 0 aliphatic carbocycles. The molecule has 2 aliphatic rings. The maximum atomic E-state index is 13.9. The van der Waals surface area contributed by atoms with Gasteiger partial charge in [-0.25, -0.2) is 0 Å². The Bertz CT molecular complexity index is 1060. The molecule has 2 aromatic rings. The summed E-state index contributed by atoms with van der Waals surface area (Å²) in [5.41, 5.74) is 4.29. The summed E-state index contributed by atoms with van der Waals surface area (Å²) >= 11 is 1.56. The van der Waals surface area contributed by atoms with Crippen LogP contribution in [0.15, 0.2) is 42.5 Å². The number of carbonyl (C=O) groups excluding carboxylic acids is 2. The SMILES string of the molecule is Cc1ccc2c(c1)[C@@]1(SCCN1C(=O)CC(C)C)C(=O)N2Cc1cccc(C#N)c1. The van der Waals surface area contributed by atoms with E-state index in [9.17, 15) is 14.9 Å². The molecule has 0 N–H and O–H groups in total. The molecular formula is C24H25N3O2S. The molecule has 0 aromatic heterocycles. The number of rotatable bonds is 4. The molecule has 1 atom stereocenters. The van der Waals surface area contributed by atoms with Crippen LogP contribution in [0.1, 0.15) is 42.5 Å². The zero-order valence-corrected chi connectivity index (χ0v) is 18.3. The first-order chi connectivity index (χ1) is 14.4. The summed E-state index contributed by atoms with van der Waals surface area (Å²) in [6, 6.07) is 15.5. The van der Waals surface area contributed by atoms with E-state index in [1.807, 2.05) is 57.2 Å². The first-order valence-electron chi connectivity index (χ1n) is 10.2. The Balaban J connectivity index is 1.78. The highest BCUT2D eigenvalue weighted by Gasteiger charge is 2.59. The fourth-order valence-corrected chi connectivity index (χ4v) is 5.79. The second-order valence-electron chi connectivity index (χ2n) is 8.36. The van der Waals surface area contributed by atoms with Crippen molar-refractivity contribution in [2.45, 2.75) is 38.6 Å². The van der Waals surface area contributed by atoms with Crippen molar-refractivity contribution < 1.29 is 9.59 Å².